The summed E-state index contributed by atoms with van der Waals surface area (Å²) in [7, 11) is 3.88. The number of nitrogens with two attached hydrogens (primary N) is 1. The van der Waals surface area contributed by atoms with Crippen LogP contribution in [0.25, 0.3) is 0 Å². The molecule has 0 atom stereocenters. The van der Waals surface area contributed by atoms with Crippen molar-refractivity contribution in [1.82, 2.24) is 10.6 Å². The second-order valence-electron chi connectivity index (χ2n) is 2.45. The van der Waals surface area contributed by atoms with Gasteiger partial charge in [0.15, 0.2) is 0 Å². The summed E-state index contributed by atoms with van der Waals surface area (Å²) in [6.07, 6.45) is 0. The van der Waals surface area contributed by atoms with Crippen molar-refractivity contribution in [3.63, 3.8) is 0 Å². The molecule has 64 valence electrons. The third kappa shape index (κ3) is 45.0. The first-order chi connectivity index (χ1) is 4.65. The molecule has 4 N–H and O–H groups in total. The van der Waals surface area contributed by atoms with Gasteiger partial charge in [-0.2, -0.15) is 0 Å². The number of likely N-dealkylation sites (N-methyl/N-ethyl adjacent to an activating group) is 2. The minimum absolute atomic E-state index is 0.333. The van der Waals surface area contributed by atoms with Crippen LogP contribution < -0.4 is 16.4 Å². The molecule has 0 aliphatic heterocycles. The molecule has 0 aliphatic rings. The number of nitrogens with one attached hydrogen (secondary N) is 2. The summed E-state index contributed by atoms with van der Waals surface area (Å²) in [6.45, 7) is 5.99. The fourth-order valence-corrected chi connectivity index (χ4v) is 0.250. The van der Waals surface area contributed by atoms with Crippen molar-refractivity contribution in [2.75, 3.05) is 27.2 Å². The summed E-state index contributed by atoms with van der Waals surface area (Å²) in [5, 5.41) is 6.01. The highest BCUT2D eigenvalue weighted by Gasteiger charge is 1.71. The molecule has 0 heterocycles. The standard InChI is InChI=1S/C4H12N2.C3H9N/c1-5-3-4-6-2;1-3(2)4/h5-6H,3-4H2,1-2H3;3H,4H2,1-2H3. The van der Waals surface area contributed by atoms with E-state index in [1.165, 1.54) is 0 Å². The van der Waals surface area contributed by atoms with Gasteiger partial charge in [0.1, 0.15) is 0 Å². The van der Waals surface area contributed by atoms with E-state index in [-0.39, 0.29) is 0 Å². The lowest BCUT2D eigenvalue weighted by Crippen LogP contribution is -2.21. The Labute approximate surface area is 64.4 Å². The predicted molar refractivity (Wildman–Crippen MR) is 47.2 cm³/mol. The quantitative estimate of drug-likeness (QED) is 0.484. The second-order valence-corrected chi connectivity index (χ2v) is 2.45. The maximum absolute atomic E-state index is 5.11. The molecule has 0 aromatic heterocycles. The van der Waals surface area contributed by atoms with Crippen LogP contribution in [0.15, 0.2) is 0 Å². The monoisotopic (exact) mass is 147 g/mol. The van der Waals surface area contributed by atoms with Crippen LogP contribution >= 0.6 is 0 Å². The Morgan fingerprint density at radius 2 is 1.30 bits per heavy atom. The maximum atomic E-state index is 5.11. The van der Waals surface area contributed by atoms with Gasteiger partial charge in [-0.1, -0.05) is 13.8 Å². The lowest BCUT2D eigenvalue weighted by Gasteiger charge is -1.92. The fraction of sp³-hybridized carbons (Fsp3) is 1.00. The van der Waals surface area contributed by atoms with Crippen molar-refractivity contribution >= 4 is 0 Å². The molecule has 10 heavy (non-hydrogen) atoms. The first kappa shape index (κ1) is 12.5. The largest absolute Gasteiger partial charge is 0.328 e. The summed E-state index contributed by atoms with van der Waals surface area (Å²) in [6, 6.07) is 0.333. The summed E-state index contributed by atoms with van der Waals surface area (Å²) in [5.41, 5.74) is 5.11. The van der Waals surface area contributed by atoms with Gasteiger partial charge < -0.3 is 16.4 Å². The van der Waals surface area contributed by atoms with Crippen molar-refractivity contribution in [1.29, 1.82) is 0 Å². The Balaban J connectivity index is 0. The number of hydrogen-bond acceptors (Lipinski definition) is 3. The van der Waals surface area contributed by atoms with Crippen LogP contribution in [0.2, 0.25) is 0 Å². The molecule has 0 saturated carbocycles. The van der Waals surface area contributed by atoms with Crippen LogP contribution in [0.3, 0.4) is 0 Å². The van der Waals surface area contributed by atoms with E-state index in [1.807, 2.05) is 27.9 Å². The molecule has 0 fully saturated rings. The topological polar surface area (TPSA) is 50.1 Å². The molecular weight excluding hydrogens is 126 g/mol. The summed E-state index contributed by atoms with van der Waals surface area (Å²) in [4.78, 5) is 0. The normalized spacial score (nSPS) is 9.00. The van der Waals surface area contributed by atoms with Crippen LogP contribution in [0.5, 0.6) is 0 Å². The molecular formula is C7H21N3. The van der Waals surface area contributed by atoms with Gasteiger partial charge in [0.25, 0.3) is 0 Å². The highest BCUT2D eigenvalue weighted by Crippen LogP contribution is 1.58. The Morgan fingerprint density at radius 1 is 1.10 bits per heavy atom. The van der Waals surface area contributed by atoms with Gasteiger partial charge in [-0.05, 0) is 20.1 Å². The van der Waals surface area contributed by atoms with Crippen molar-refractivity contribution in [3.05, 3.63) is 0 Å². The predicted octanol–water partition coefficient (Wildman–Crippen LogP) is -0.221. The molecule has 0 saturated heterocycles. The smallest absolute Gasteiger partial charge is 0.00736 e. The van der Waals surface area contributed by atoms with E-state index in [2.05, 4.69) is 10.6 Å². The molecule has 0 aliphatic carbocycles. The van der Waals surface area contributed by atoms with E-state index in [0.29, 0.717) is 6.04 Å². The lowest BCUT2D eigenvalue weighted by atomic mass is 10.5. The lowest BCUT2D eigenvalue weighted by molar-refractivity contribution is 0.718. The molecule has 0 amide bonds. The molecule has 3 heteroatoms. The van der Waals surface area contributed by atoms with E-state index in [4.69, 9.17) is 5.73 Å². The van der Waals surface area contributed by atoms with Crippen molar-refractivity contribution in [2.45, 2.75) is 19.9 Å². The molecule has 0 aromatic carbocycles. The first-order valence-corrected chi connectivity index (χ1v) is 3.70. The fourth-order valence-electron chi connectivity index (χ4n) is 0.250. The van der Waals surface area contributed by atoms with E-state index in [9.17, 15) is 0 Å². The maximum Gasteiger partial charge on any atom is 0.00736 e. The first-order valence-electron chi connectivity index (χ1n) is 3.70. The average molecular weight is 147 g/mol. The van der Waals surface area contributed by atoms with Crippen LogP contribution in [0.4, 0.5) is 0 Å². The minimum atomic E-state index is 0.333. The molecule has 0 spiro atoms. The van der Waals surface area contributed by atoms with Gasteiger partial charge in [0.2, 0.25) is 0 Å². The summed E-state index contributed by atoms with van der Waals surface area (Å²) in [5.74, 6) is 0. The minimum Gasteiger partial charge on any atom is -0.328 e. The Bertz CT molecular complexity index is 39.4. The van der Waals surface area contributed by atoms with Gasteiger partial charge in [0, 0.05) is 13.1 Å². The van der Waals surface area contributed by atoms with Crippen LogP contribution in [0.1, 0.15) is 13.8 Å². The van der Waals surface area contributed by atoms with Gasteiger partial charge in [-0.15, -0.1) is 0 Å². The summed E-state index contributed by atoms with van der Waals surface area (Å²) >= 11 is 0. The van der Waals surface area contributed by atoms with E-state index in [1.54, 1.807) is 0 Å². The van der Waals surface area contributed by atoms with Crippen LogP contribution in [-0.2, 0) is 0 Å². The third-order valence-corrected chi connectivity index (χ3v) is 0.625. The Kier molecular flexibility index (Phi) is 14.6. The van der Waals surface area contributed by atoms with Gasteiger partial charge in [0.05, 0.1) is 0 Å². The molecule has 0 rings (SSSR count). The highest BCUT2D eigenvalue weighted by molar-refractivity contribution is 4.38. The third-order valence-electron chi connectivity index (χ3n) is 0.625. The molecule has 0 radical (unpaired) electrons. The van der Waals surface area contributed by atoms with E-state index < -0.39 is 0 Å². The highest BCUT2D eigenvalue weighted by atomic mass is 14.9. The van der Waals surface area contributed by atoms with Crippen LogP contribution in [0, 0.1) is 0 Å². The van der Waals surface area contributed by atoms with Crippen molar-refractivity contribution in [3.8, 4) is 0 Å². The number of rotatable bonds is 3. The Morgan fingerprint density at radius 3 is 1.40 bits per heavy atom. The number of hydrogen-bond donors (Lipinski definition) is 3. The Hall–Kier alpha value is -0.120. The second kappa shape index (κ2) is 11.6. The molecule has 0 unspecified atom stereocenters. The summed E-state index contributed by atoms with van der Waals surface area (Å²) < 4.78 is 0. The molecule has 0 bridgehead atoms. The SMILES string of the molecule is CC(C)N.CNCCNC. The van der Waals surface area contributed by atoms with E-state index >= 15 is 0 Å². The average Bonchev–Trinajstić information content (AvgIpc) is 1.82. The zero-order valence-electron chi connectivity index (χ0n) is 7.57. The molecule has 3 nitrogen and oxygen atoms in total. The van der Waals surface area contributed by atoms with Crippen molar-refractivity contribution in [2.24, 2.45) is 5.73 Å². The zero-order valence-corrected chi connectivity index (χ0v) is 7.57. The molecule has 0 aromatic rings. The zero-order chi connectivity index (χ0) is 8.41. The van der Waals surface area contributed by atoms with E-state index in [0.717, 1.165) is 13.1 Å². The van der Waals surface area contributed by atoms with Gasteiger partial charge >= 0.3 is 0 Å². The van der Waals surface area contributed by atoms with Gasteiger partial charge in [-0.25, -0.2) is 0 Å². The van der Waals surface area contributed by atoms with Crippen LogP contribution in [-0.4, -0.2) is 33.2 Å². The van der Waals surface area contributed by atoms with Crippen molar-refractivity contribution < 1.29 is 0 Å². The van der Waals surface area contributed by atoms with Gasteiger partial charge in [-0.3, -0.25) is 0 Å².